The second-order valence-corrected chi connectivity index (χ2v) is 6.47. The Labute approximate surface area is 123 Å². The van der Waals surface area contributed by atoms with Crippen LogP contribution >= 0.6 is 0 Å². The van der Waals surface area contributed by atoms with E-state index >= 15 is 0 Å². The number of nitrogens with zero attached hydrogens (tertiary/aromatic N) is 4. The second-order valence-electron chi connectivity index (χ2n) is 4.92. The van der Waals surface area contributed by atoms with Crippen molar-refractivity contribution in [2.45, 2.75) is 13.3 Å². The number of amides is 1. The normalized spacial score (nSPS) is 17.2. The molecule has 0 bridgehead atoms. The highest BCUT2D eigenvalue weighted by molar-refractivity contribution is 7.86. The van der Waals surface area contributed by atoms with Crippen molar-refractivity contribution in [1.29, 1.82) is 0 Å². The molecule has 0 atom stereocenters. The highest BCUT2D eigenvalue weighted by Gasteiger charge is 2.30. The number of aromatic nitrogens is 2. The Morgan fingerprint density at radius 1 is 1.29 bits per heavy atom. The third-order valence-corrected chi connectivity index (χ3v) is 4.67. The van der Waals surface area contributed by atoms with Gasteiger partial charge in [-0.2, -0.15) is 17.8 Å². The van der Waals surface area contributed by atoms with Crippen LogP contribution in [0.5, 0.6) is 0 Å². The maximum atomic E-state index is 12.5. The molecule has 9 nitrogen and oxygen atoms in total. The number of nitrogens with two attached hydrogens (primary N) is 2. The molecule has 1 aromatic rings. The predicted molar refractivity (Wildman–Crippen MR) is 77.6 cm³/mol. The molecule has 1 aliphatic heterocycles. The molecule has 0 radical (unpaired) electrons. The van der Waals surface area contributed by atoms with Crippen LogP contribution in [0, 0.1) is 0 Å². The molecular formula is C11H20N6O3S. The average molecular weight is 316 g/mol. The Hall–Kier alpha value is -1.65. The van der Waals surface area contributed by atoms with Crippen LogP contribution in [0.2, 0.25) is 0 Å². The van der Waals surface area contributed by atoms with Gasteiger partial charge in [0.15, 0.2) is 0 Å². The van der Waals surface area contributed by atoms with Gasteiger partial charge in [-0.15, -0.1) is 0 Å². The zero-order valence-corrected chi connectivity index (χ0v) is 12.9. The largest absolute Gasteiger partial charge is 0.395 e. The van der Waals surface area contributed by atoms with Crippen LogP contribution < -0.4 is 10.9 Å². The molecule has 0 spiro atoms. The summed E-state index contributed by atoms with van der Waals surface area (Å²) >= 11 is 0. The summed E-state index contributed by atoms with van der Waals surface area (Å²) in [6.45, 7) is 2.84. The second kappa shape index (κ2) is 5.62. The van der Waals surface area contributed by atoms with Crippen molar-refractivity contribution in [2.24, 2.45) is 12.2 Å². The molecule has 0 aromatic carbocycles. The minimum Gasteiger partial charge on any atom is -0.395 e. The van der Waals surface area contributed by atoms with E-state index in [-0.39, 0.29) is 32.1 Å². The van der Waals surface area contributed by atoms with Crippen LogP contribution in [0.15, 0.2) is 0 Å². The van der Waals surface area contributed by atoms with Gasteiger partial charge in [0, 0.05) is 33.2 Å². The number of nitrogen functional groups attached to an aromatic ring is 1. The summed E-state index contributed by atoms with van der Waals surface area (Å²) in [5.74, 6) is -0.240. The average Bonchev–Trinajstić information content (AvgIpc) is 2.72. The maximum Gasteiger partial charge on any atom is 0.277 e. The number of hydrogen-bond donors (Lipinski definition) is 2. The maximum absolute atomic E-state index is 12.5. The van der Waals surface area contributed by atoms with Crippen molar-refractivity contribution in [3.63, 3.8) is 0 Å². The Morgan fingerprint density at radius 3 is 2.29 bits per heavy atom. The SMILES string of the molecule is CCc1nn(C)c(C(=O)N2CCN(S(N)(=O)=O)CC2)c1N. The number of carbonyl (C=O) groups is 1. The lowest BCUT2D eigenvalue weighted by Gasteiger charge is -2.32. The van der Waals surface area contributed by atoms with Gasteiger partial charge in [-0.05, 0) is 6.42 Å². The topological polar surface area (TPSA) is 128 Å². The molecule has 118 valence electrons. The van der Waals surface area contributed by atoms with Gasteiger partial charge >= 0.3 is 0 Å². The summed E-state index contributed by atoms with van der Waals surface area (Å²) in [5, 5.41) is 9.29. The van der Waals surface area contributed by atoms with E-state index in [2.05, 4.69) is 5.10 Å². The molecule has 1 saturated heterocycles. The summed E-state index contributed by atoms with van der Waals surface area (Å²) in [7, 11) is -2.03. The third kappa shape index (κ3) is 3.01. The van der Waals surface area contributed by atoms with Gasteiger partial charge in [-0.1, -0.05) is 6.92 Å². The molecule has 10 heteroatoms. The number of hydrogen-bond acceptors (Lipinski definition) is 5. The fourth-order valence-corrected chi connectivity index (χ4v) is 3.08. The number of anilines is 1. The van der Waals surface area contributed by atoms with E-state index in [1.807, 2.05) is 6.92 Å². The van der Waals surface area contributed by atoms with Crippen LogP contribution in [0.25, 0.3) is 0 Å². The Bertz CT molecular complexity index is 645. The summed E-state index contributed by atoms with van der Waals surface area (Å²) in [4.78, 5) is 14.1. The first-order valence-corrected chi connectivity index (χ1v) is 8.14. The highest BCUT2D eigenvalue weighted by Crippen LogP contribution is 2.19. The molecule has 1 aliphatic rings. The van der Waals surface area contributed by atoms with Gasteiger partial charge < -0.3 is 10.6 Å². The predicted octanol–water partition coefficient (Wildman–Crippen LogP) is -1.47. The number of aryl methyl sites for hydroxylation is 2. The molecule has 0 saturated carbocycles. The molecule has 4 N–H and O–H groups in total. The van der Waals surface area contributed by atoms with E-state index in [1.165, 1.54) is 4.68 Å². The van der Waals surface area contributed by atoms with Gasteiger partial charge in [0.2, 0.25) is 0 Å². The lowest BCUT2D eigenvalue weighted by Crippen LogP contribution is -2.52. The Balaban J connectivity index is 2.15. The van der Waals surface area contributed by atoms with Crippen LogP contribution in [0.3, 0.4) is 0 Å². The van der Waals surface area contributed by atoms with Crippen LogP contribution in [0.4, 0.5) is 5.69 Å². The first-order chi connectivity index (χ1) is 9.75. The minimum absolute atomic E-state index is 0.183. The van der Waals surface area contributed by atoms with E-state index in [0.29, 0.717) is 23.5 Å². The van der Waals surface area contributed by atoms with Crippen LogP contribution in [0.1, 0.15) is 23.1 Å². The lowest BCUT2D eigenvalue weighted by atomic mass is 10.2. The number of rotatable bonds is 3. The summed E-state index contributed by atoms with van der Waals surface area (Å²) in [6.07, 6.45) is 0.645. The molecule has 0 aliphatic carbocycles. The van der Waals surface area contributed by atoms with Crippen molar-refractivity contribution < 1.29 is 13.2 Å². The van der Waals surface area contributed by atoms with Crippen molar-refractivity contribution in [3.05, 3.63) is 11.4 Å². The fourth-order valence-electron chi connectivity index (χ4n) is 2.41. The lowest BCUT2D eigenvalue weighted by molar-refractivity contribution is 0.0688. The zero-order valence-electron chi connectivity index (χ0n) is 12.1. The summed E-state index contributed by atoms with van der Waals surface area (Å²) in [5.41, 5.74) is 7.38. The van der Waals surface area contributed by atoms with Gasteiger partial charge in [0.05, 0.1) is 11.4 Å². The smallest absolute Gasteiger partial charge is 0.277 e. The molecule has 0 unspecified atom stereocenters. The van der Waals surface area contributed by atoms with Crippen molar-refractivity contribution in [1.82, 2.24) is 19.0 Å². The molecule has 1 amide bonds. The molecule has 21 heavy (non-hydrogen) atoms. The van der Waals surface area contributed by atoms with E-state index < -0.39 is 10.2 Å². The summed E-state index contributed by atoms with van der Waals surface area (Å²) < 4.78 is 25.1. The monoisotopic (exact) mass is 316 g/mol. The van der Waals surface area contributed by atoms with Gasteiger partial charge in [-0.25, -0.2) is 5.14 Å². The standard InChI is InChI=1S/C11H20N6O3S/c1-3-8-9(12)10(15(2)14-8)11(18)16-4-6-17(7-5-16)21(13,19)20/h3-7,12H2,1-2H3,(H2,13,19,20). The Kier molecular flexibility index (Phi) is 4.21. The molecular weight excluding hydrogens is 296 g/mol. The van der Waals surface area contributed by atoms with Crippen LogP contribution in [-0.2, 0) is 23.7 Å². The van der Waals surface area contributed by atoms with Crippen molar-refractivity contribution in [3.8, 4) is 0 Å². The summed E-state index contributed by atoms with van der Waals surface area (Å²) in [6, 6.07) is 0. The van der Waals surface area contributed by atoms with Gasteiger partial charge in [0.1, 0.15) is 5.69 Å². The van der Waals surface area contributed by atoms with Gasteiger partial charge in [-0.3, -0.25) is 9.48 Å². The van der Waals surface area contributed by atoms with E-state index in [0.717, 1.165) is 4.31 Å². The fraction of sp³-hybridized carbons (Fsp3) is 0.636. The van der Waals surface area contributed by atoms with Crippen molar-refractivity contribution in [2.75, 3.05) is 31.9 Å². The first kappa shape index (κ1) is 15.7. The number of piperazine rings is 1. The first-order valence-electron chi connectivity index (χ1n) is 6.64. The Morgan fingerprint density at radius 2 is 1.86 bits per heavy atom. The minimum atomic E-state index is -3.70. The molecule has 1 fully saturated rings. The third-order valence-electron chi connectivity index (χ3n) is 3.58. The number of carbonyl (C=O) groups excluding carboxylic acids is 1. The zero-order chi connectivity index (χ0) is 15.8. The van der Waals surface area contributed by atoms with Crippen molar-refractivity contribution >= 4 is 21.8 Å². The van der Waals surface area contributed by atoms with E-state index in [9.17, 15) is 13.2 Å². The molecule has 1 aromatic heterocycles. The molecule has 2 heterocycles. The van der Waals surface area contributed by atoms with E-state index in [4.69, 9.17) is 10.9 Å². The quantitative estimate of drug-likeness (QED) is 0.703. The van der Waals surface area contributed by atoms with Crippen LogP contribution in [-0.4, -0.2) is 59.5 Å². The van der Waals surface area contributed by atoms with E-state index in [1.54, 1.807) is 11.9 Å². The van der Waals surface area contributed by atoms with Gasteiger partial charge in [0.25, 0.3) is 16.1 Å². The molecule has 2 rings (SSSR count). The highest BCUT2D eigenvalue weighted by atomic mass is 32.2.